The van der Waals surface area contributed by atoms with Gasteiger partial charge >= 0.3 is 0 Å². The number of halogens is 1. The van der Waals surface area contributed by atoms with Crippen LogP contribution in [0.15, 0.2) is 41.0 Å². The zero-order chi connectivity index (χ0) is 14.4. The van der Waals surface area contributed by atoms with Gasteiger partial charge in [0, 0.05) is 11.8 Å². The fourth-order valence-corrected chi connectivity index (χ4v) is 2.02. The quantitative estimate of drug-likeness (QED) is 0.674. The van der Waals surface area contributed by atoms with E-state index in [1.165, 1.54) is 0 Å². The molecule has 3 nitrogen and oxygen atoms in total. The standard InChI is InChI=1S/C15H15ClN2O/c1-4-13(10(2)19)14(9-18-3)11-5-6-12(8-17)15(16)7-11/h4-7,9-10,19H,3H2,1-2H3. The van der Waals surface area contributed by atoms with Crippen LogP contribution in [-0.4, -0.2) is 17.9 Å². The first kappa shape index (κ1) is 15.2. The van der Waals surface area contributed by atoms with Crippen molar-refractivity contribution in [2.24, 2.45) is 4.99 Å². The van der Waals surface area contributed by atoms with Crippen molar-refractivity contribution in [2.75, 3.05) is 0 Å². The fourth-order valence-electron chi connectivity index (χ4n) is 1.80. The summed E-state index contributed by atoms with van der Waals surface area (Å²) in [6.45, 7) is 6.95. The monoisotopic (exact) mass is 274 g/mol. The highest BCUT2D eigenvalue weighted by molar-refractivity contribution is 6.31. The highest BCUT2D eigenvalue weighted by Gasteiger charge is 2.13. The molecule has 1 rings (SSSR count). The highest BCUT2D eigenvalue weighted by Crippen LogP contribution is 2.29. The van der Waals surface area contributed by atoms with Crippen LogP contribution in [0.2, 0.25) is 5.02 Å². The summed E-state index contributed by atoms with van der Waals surface area (Å²) in [7, 11) is 0. The Morgan fingerprint density at radius 3 is 2.68 bits per heavy atom. The molecule has 0 aliphatic carbocycles. The SMILES string of the molecule is C=NC=C(C(=CC)C(C)O)c1ccc(C#N)c(Cl)c1. The lowest BCUT2D eigenvalue weighted by molar-refractivity contribution is 0.236. The van der Waals surface area contributed by atoms with Crippen molar-refractivity contribution in [2.45, 2.75) is 20.0 Å². The molecule has 0 spiro atoms. The third-order valence-corrected chi connectivity index (χ3v) is 3.01. The summed E-state index contributed by atoms with van der Waals surface area (Å²) >= 11 is 6.02. The molecule has 0 saturated carbocycles. The lowest BCUT2D eigenvalue weighted by Gasteiger charge is -2.14. The van der Waals surface area contributed by atoms with Crippen LogP contribution in [0.4, 0.5) is 0 Å². The Bertz CT molecular complexity index is 580. The van der Waals surface area contributed by atoms with Gasteiger partial charge in [0.2, 0.25) is 0 Å². The number of aliphatic hydroxyl groups excluding tert-OH is 1. The maximum atomic E-state index is 9.78. The van der Waals surface area contributed by atoms with Crippen molar-refractivity contribution < 1.29 is 5.11 Å². The topological polar surface area (TPSA) is 56.4 Å². The van der Waals surface area contributed by atoms with Gasteiger partial charge in [-0.2, -0.15) is 5.26 Å². The summed E-state index contributed by atoms with van der Waals surface area (Å²) in [5.74, 6) is 0. The van der Waals surface area contributed by atoms with Gasteiger partial charge in [-0.05, 0) is 43.8 Å². The van der Waals surface area contributed by atoms with Crippen LogP contribution in [0.1, 0.15) is 25.0 Å². The van der Waals surface area contributed by atoms with Crippen LogP contribution in [0.5, 0.6) is 0 Å². The summed E-state index contributed by atoms with van der Waals surface area (Å²) in [4.78, 5) is 3.76. The lowest BCUT2D eigenvalue weighted by Crippen LogP contribution is -2.06. The van der Waals surface area contributed by atoms with Crippen LogP contribution >= 0.6 is 11.6 Å². The molecule has 0 heterocycles. The second-order valence-electron chi connectivity index (χ2n) is 3.95. The number of allylic oxidation sites excluding steroid dienone is 1. The van der Waals surface area contributed by atoms with Crippen molar-refractivity contribution in [3.63, 3.8) is 0 Å². The van der Waals surface area contributed by atoms with Crippen LogP contribution in [0.3, 0.4) is 0 Å². The van der Waals surface area contributed by atoms with Gasteiger partial charge in [-0.1, -0.05) is 23.7 Å². The van der Waals surface area contributed by atoms with E-state index in [1.54, 1.807) is 31.3 Å². The zero-order valence-corrected chi connectivity index (χ0v) is 11.6. The molecule has 1 unspecified atom stereocenters. The molecular formula is C15H15ClN2O. The maximum absolute atomic E-state index is 9.78. The Morgan fingerprint density at radius 2 is 2.26 bits per heavy atom. The zero-order valence-electron chi connectivity index (χ0n) is 10.9. The molecule has 0 amide bonds. The van der Waals surface area contributed by atoms with Gasteiger partial charge in [0.25, 0.3) is 0 Å². The Labute approximate surface area is 118 Å². The van der Waals surface area contributed by atoms with Crippen molar-refractivity contribution in [3.05, 3.63) is 52.2 Å². The molecule has 19 heavy (non-hydrogen) atoms. The van der Waals surface area contributed by atoms with Crippen molar-refractivity contribution in [1.82, 2.24) is 0 Å². The third kappa shape index (κ3) is 3.54. The summed E-state index contributed by atoms with van der Waals surface area (Å²) in [5.41, 5.74) is 2.66. The second-order valence-corrected chi connectivity index (χ2v) is 4.36. The van der Waals surface area contributed by atoms with E-state index in [9.17, 15) is 5.11 Å². The first-order valence-corrected chi connectivity index (χ1v) is 6.13. The molecule has 1 aromatic carbocycles. The van der Waals surface area contributed by atoms with E-state index < -0.39 is 6.10 Å². The van der Waals surface area contributed by atoms with E-state index in [2.05, 4.69) is 11.7 Å². The summed E-state index contributed by atoms with van der Waals surface area (Å²) < 4.78 is 0. The average Bonchev–Trinajstić information content (AvgIpc) is 2.38. The van der Waals surface area contributed by atoms with Gasteiger partial charge in [-0.15, -0.1) is 0 Å². The molecule has 1 atom stereocenters. The van der Waals surface area contributed by atoms with E-state index in [4.69, 9.17) is 16.9 Å². The largest absolute Gasteiger partial charge is 0.389 e. The summed E-state index contributed by atoms with van der Waals surface area (Å²) in [6, 6.07) is 7.11. The molecule has 0 bridgehead atoms. The molecule has 0 aromatic heterocycles. The van der Waals surface area contributed by atoms with Crippen LogP contribution in [0.25, 0.3) is 5.57 Å². The summed E-state index contributed by atoms with van der Waals surface area (Å²) in [6.07, 6.45) is 2.75. The van der Waals surface area contributed by atoms with Crippen LogP contribution in [-0.2, 0) is 0 Å². The third-order valence-electron chi connectivity index (χ3n) is 2.69. The Hall–Kier alpha value is -1.89. The lowest BCUT2D eigenvalue weighted by atomic mass is 9.94. The minimum atomic E-state index is -0.632. The summed E-state index contributed by atoms with van der Waals surface area (Å²) in [5, 5.41) is 19.0. The molecule has 4 heteroatoms. The van der Waals surface area contributed by atoms with Gasteiger partial charge < -0.3 is 5.11 Å². The van der Waals surface area contributed by atoms with Crippen LogP contribution in [0, 0.1) is 11.3 Å². The van der Waals surface area contributed by atoms with Crippen LogP contribution < -0.4 is 0 Å². The molecule has 0 aliphatic heterocycles. The van der Waals surface area contributed by atoms with Crippen molar-refractivity contribution >= 4 is 23.9 Å². The Kier molecular flexibility index (Phi) is 5.50. The number of aliphatic hydroxyl groups is 1. The molecule has 1 N–H and O–H groups in total. The normalized spacial score (nSPS) is 13.8. The fraction of sp³-hybridized carbons (Fsp3) is 0.200. The molecule has 0 radical (unpaired) electrons. The minimum Gasteiger partial charge on any atom is -0.389 e. The van der Waals surface area contributed by atoms with E-state index in [1.807, 2.05) is 19.1 Å². The van der Waals surface area contributed by atoms with Gasteiger partial charge in [0.15, 0.2) is 0 Å². The predicted octanol–water partition coefficient (Wildman–Crippen LogP) is 3.58. The number of hydrogen-bond acceptors (Lipinski definition) is 3. The highest BCUT2D eigenvalue weighted by atomic mass is 35.5. The number of nitriles is 1. The molecule has 0 saturated heterocycles. The van der Waals surface area contributed by atoms with Gasteiger partial charge in [0.1, 0.15) is 6.07 Å². The van der Waals surface area contributed by atoms with E-state index in [0.29, 0.717) is 10.6 Å². The van der Waals surface area contributed by atoms with Gasteiger partial charge in [-0.3, -0.25) is 4.99 Å². The van der Waals surface area contributed by atoms with E-state index >= 15 is 0 Å². The van der Waals surface area contributed by atoms with Crippen molar-refractivity contribution in [1.29, 1.82) is 5.26 Å². The molecule has 0 fully saturated rings. The number of benzene rings is 1. The smallest absolute Gasteiger partial charge is 0.101 e. The molecule has 1 aromatic rings. The van der Waals surface area contributed by atoms with Gasteiger partial charge in [-0.25, -0.2) is 0 Å². The predicted molar refractivity (Wildman–Crippen MR) is 79.1 cm³/mol. The molecule has 98 valence electrons. The number of hydrogen-bond donors (Lipinski definition) is 1. The van der Waals surface area contributed by atoms with E-state index in [0.717, 1.165) is 16.7 Å². The van der Waals surface area contributed by atoms with Gasteiger partial charge in [0.05, 0.1) is 16.7 Å². The average molecular weight is 275 g/mol. The number of aliphatic imine (C=N–C) groups is 1. The number of rotatable bonds is 4. The molecular weight excluding hydrogens is 260 g/mol. The van der Waals surface area contributed by atoms with E-state index in [-0.39, 0.29) is 0 Å². The Morgan fingerprint density at radius 1 is 1.58 bits per heavy atom. The van der Waals surface area contributed by atoms with Crippen molar-refractivity contribution in [3.8, 4) is 6.07 Å². The molecule has 0 aliphatic rings. The first-order chi connectivity index (χ1) is 9.04. The minimum absolute atomic E-state index is 0.371. The number of nitrogens with zero attached hydrogens (tertiary/aromatic N) is 2. The maximum Gasteiger partial charge on any atom is 0.101 e. The Balaban J connectivity index is 3.37. The second kappa shape index (κ2) is 6.89. The first-order valence-electron chi connectivity index (χ1n) is 5.75.